The summed E-state index contributed by atoms with van der Waals surface area (Å²) in [7, 11) is 0. The third kappa shape index (κ3) is 3.19. The predicted molar refractivity (Wildman–Crippen MR) is 55.6 cm³/mol. The molecule has 0 aliphatic carbocycles. The first-order chi connectivity index (χ1) is 6.33. The summed E-state index contributed by atoms with van der Waals surface area (Å²) in [5.74, 6) is -0.853. The highest BCUT2D eigenvalue weighted by Gasteiger charge is 2.21. The molecule has 72 valence electrons. The van der Waals surface area contributed by atoms with Gasteiger partial charge in [-0.3, -0.25) is 0 Å². The molecule has 0 saturated heterocycles. The van der Waals surface area contributed by atoms with Gasteiger partial charge in [0.05, 0.1) is 5.60 Å². The minimum absolute atomic E-state index is 0.567. The maximum Gasteiger partial charge on any atom is 0.0620 e. The second-order valence-corrected chi connectivity index (χ2v) is 4.00. The lowest BCUT2D eigenvalue weighted by Crippen LogP contribution is -2.29. The number of hydrogen-bond acceptors (Lipinski definition) is 1. The molecule has 1 aromatic rings. The fourth-order valence-corrected chi connectivity index (χ4v) is 1.12. The molecule has 0 spiro atoms. The first kappa shape index (κ1) is 8.76. The molecule has 1 nitrogen and oxygen atoms in total. The van der Waals surface area contributed by atoms with E-state index in [0.29, 0.717) is 6.42 Å². The summed E-state index contributed by atoms with van der Waals surface area (Å²) < 4.78 is 8.07. The topological polar surface area (TPSA) is 20.2 Å². The first-order valence-corrected chi connectivity index (χ1v) is 4.59. The summed E-state index contributed by atoms with van der Waals surface area (Å²) in [6.45, 7) is 5.13. The molecule has 0 amide bonds. The van der Waals surface area contributed by atoms with Crippen LogP contribution in [0, 0.1) is 5.89 Å². The Morgan fingerprint density at radius 2 is 1.92 bits per heavy atom. The molecule has 0 bridgehead atoms. The van der Waals surface area contributed by atoms with Crippen LogP contribution in [-0.4, -0.2) is 10.7 Å². The molecule has 0 aliphatic rings. The lowest BCUT2D eigenvalue weighted by Gasteiger charge is -2.25. The number of aliphatic hydroxyl groups is 1. The Kier molecular flexibility index (Phi) is 2.65. The Bertz CT molecular complexity index is 285. The highest BCUT2D eigenvalue weighted by atomic mass is 16.3. The molecule has 0 radical (unpaired) electrons. The molecule has 0 heterocycles. The summed E-state index contributed by atoms with van der Waals surface area (Å²) in [5.41, 5.74) is 0.107. The predicted octanol–water partition coefficient (Wildman–Crippen LogP) is 2.64. The second kappa shape index (κ2) is 3.93. The van der Waals surface area contributed by atoms with Crippen molar-refractivity contribution in [3.05, 3.63) is 35.9 Å². The fourth-order valence-electron chi connectivity index (χ4n) is 1.12. The van der Waals surface area contributed by atoms with Crippen LogP contribution in [0.15, 0.2) is 30.3 Å². The minimum atomic E-state index is -0.983. The van der Waals surface area contributed by atoms with E-state index in [-0.39, 0.29) is 0 Å². The van der Waals surface area contributed by atoms with Crippen LogP contribution in [0.2, 0.25) is 0 Å². The number of rotatable bonds is 3. The van der Waals surface area contributed by atoms with E-state index in [1.807, 2.05) is 30.3 Å². The van der Waals surface area contributed by atoms with Crippen LogP contribution in [-0.2, 0) is 6.42 Å². The monoisotopic (exact) mass is 179 g/mol. The highest BCUT2D eigenvalue weighted by molar-refractivity contribution is 5.15. The highest BCUT2D eigenvalue weighted by Crippen LogP contribution is 2.20. The Balaban J connectivity index is 2.79. The molecule has 0 unspecified atom stereocenters. The maximum absolute atomic E-state index is 9.82. The molecular weight excluding hydrogens is 160 g/mol. The molecule has 1 aromatic carbocycles. The van der Waals surface area contributed by atoms with Gasteiger partial charge in [0.25, 0.3) is 0 Å². The summed E-state index contributed by atoms with van der Waals surface area (Å²) in [4.78, 5) is 0. The van der Waals surface area contributed by atoms with Gasteiger partial charge in [-0.2, -0.15) is 0 Å². The van der Waals surface area contributed by atoms with Crippen LogP contribution < -0.4 is 0 Å². The molecule has 1 heteroatoms. The van der Waals surface area contributed by atoms with E-state index in [1.165, 1.54) is 0 Å². The van der Waals surface area contributed by atoms with Crippen LogP contribution in [0.5, 0.6) is 0 Å². The van der Waals surface area contributed by atoms with Crippen LogP contribution >= 0.6 is 0 Å². The minimum Gasteiger partial charge on any atom is -0.390 e. The molecule has 0 aliphatic heterocycles. The van der Waals surface area contributed by atoms with Gasteiger partial charge in [-0.15, -0.1) is 0 Å². The van der Waals surface area contributed by atoms with E-state index >= 15 is 0 Å². The van der Waals surface area contributed by atoms with Gasteiger partial charge >= 0.3 is 0 Å². The smallest absolute Gasteiger partial charge is 0.0620 e. The van der Waals surface area contributed by atoms with Gasteiger partial charge in [0.2, 0.25) is 0 Å². The number of hydrogen-bond donors (Lipinski definition) is 1. The van der Waals surface area contributed by atoms with E-state index in [0.717, 1.165) is 5.56 Å². The Hall–Kier alpha value is -0.820. The van der Waals surface area contributed by atoms with Crippen molar-refractivity contribution in [1.29, 1.82) is 0 Å². The first-order valence-electron chi connectivity index (χ1n) is 5.09. The lowest BCUT2D eigenvalue weighted by molar-refractivity contribution is 0.0251. The van der Waals surface area contributed by atoms with Crippen molar-refractivity contribution in [2.24, 2.45) is 5.89 Å². The van der Waals surface area contributed by atoms with E-state index < -0.39 is 11.5 Å². The molecular formula is C12H18O. The molecule has 0 saturated carbocycles. The van der Waals surface area contributed by atoms with Crippen molar-refractivity contribution in [3.8, 4) is 0 Å². The third-order valence-electron chi connectivity index (χ3n) is 2.36. The maximum atomic E-state index is 9.82. The number of benzene rings is 1. The molecule has 0 fully saturated rings. The molecule has 0 aromatic heterocycles. The summed E-state index contributed by atoms with van der Waals surface area (Å²) in [6.07, 6.45) is 0.567. The molecule has 1 atom stereocenters. The van der Waals surface area contributed by atoms with Crippen molar-refractivity contribution < 1.29 is 6.48 Å². The van der Waals surface area contributed by atoms with Crippen molar-refractivity contribution in [2.75, 3.05) is 0 Å². The Morgan fingerprint density at radius 1 is 1.38 bits per heavy atom. The fraction of sp³-hybridized carbons (Fsp3) is 0.500. The van der Waals surface area contributed by atoms with Crippen molar-refractivity contribution in [3.63, 3.8) is 0 Å². The SMILES string of the molecule is [2H][C@](C)(Cc1ccccc1)C(C)(C)O. The van der Waals surface area contributed by atoms with Crippen molar-refractivity contribution in [2.45, 2.75) is 32.8 Å². The zero-order valence-electron chi connectivity index (χ0n) is 9.54. The van der Waals surface area contributed by atoms with E-state index in [4.69, 9.17) is 1.37 Å². The average Bonchev–Trinajstić information content (AvgIpc) is 2.03. The zero-order valence-corrected chi connectivity index (χ0v) is 8.54. The summed E-state index contributed by atoms with van der Waals surface area (Å²) >= 11 is 0. The third-order valence-corrected chi connectivity index (χ3v) is 2.36. The van der Waals surface area contributed by atoms with Crippen LogP contribution in [0.1, 0.15) is 27.7 Å². The van der Waals surface area contributed by atoms with Gasteiger partial charge in [0.15, 0.2) is 0 Å². The molecule has 13 heavy (non-hydrogen) atoms. The largest absolute Gasteiger partial charge is 0.390 e. The van der Waals surface area contributed by atoms with E-state index in [1.54, 1.807) is 20.8 Å². The van der Waals surface area contributed by atoms with Crippen molar-refractivity contribution >= 4 is 0 Å². The van der Waals surface area contributed by atoms with E-state index in [2.05, 4.69) is 0 Å². The van der Waals surface area contributed by atoms with E-state index in [9.17, 15) is 5.11 Å². The quantitative estimate of drug-likeness (QED) is 0.756. The zero-order chi connectivity index (χ0) is 10.8. The van der Waals surface area contributed by atoms with Crippen LogP contribution in [0.25, 0.3) is 0 Å². The standard InChI is InChI=1S/C12H18O/c1-10(12(2,3)13)9-11-7-5-4-6-8-11/h4-8,10,13H,9H2,1-3H3/t10-/m0/s1/i10D. The summed E-state index contributed by atoms with van der Waals surface area (Å²) in [6, 6.07) is 9.83. The van der Waals surface area contributed by atoms with Gasteiger partial charge in [-0.05, 0) is 31.7 Å². The van der Waals surface area contributed by atoms with Crippen LogP contribution in [0.4, 0.5) is 0 Å². The Labute approximate surface area is 81.8 Å². The van der Waals surface area contributed by atoms with Crippen LogP contribution in [0.3, 0.4) is 0 Å². The van der Waals surface area contributed by atoms with Gasteiger partial charge in [0, 0.05) is 1.37 Å². The van der Waals surface area contributed by atoms with Gasteiger partial charge in [0.1, 0.15) is 0 Å². The molecule has 1 rings (SSSR count). The van der Waals surface area contributed by atoms with Crippen molar-refractivity contribution in [1.82, 2.24) is 0 Å². The Morgan fingerprint density at radius 3 is 2.38 bits per heavy atom. The van der Waals surface area contributed by atoms with Gasteiger partial charge in [-0.1, -0.05) is 37.3 Å². The lowest BCUT2D eigenvalue weighted by atomic mass is 9.87. The second-order valence-electron chi connectivity index (χ2n) is 4.00. The van der Waals surface area contributed by atoms with Gasteiger partial charge < -0.3 is 5.11 Å². The summed E-state index contributed by atoms with van der Waals surface area (Å²) in [5, 5.41) is 9.82. The normalized spacial score (nSPS) is 17.7. The average molecular weight is 179 g/mol. The van der Waals surface area contributed by atoms with Gasteiger partial charge in [-0.25, -0.2) is 0 Å². The molecule has 1 N–H and O–H groups in total.